The minimum atomic E-state index is -0.668. The molecule has 0 bridgehead atoms. The molecule has 0 N–H and O–H groups in total. The van der Waals surface area contributed by atoms with Gasteiger partial charge in [0.1, 0.15) is 11.5 Å². The minimum Gasteiger partial charge on any atom is -0.394 e. The van der Waals surface area contributed by atoms with Gasteiger partial charge in [0, 0.05) is 0 Å². The molecule has 2 aromatic carbocycles. The molecule has 3 heteroatoms. The van der Waals surface area contributed by atoms with Crippen molar-refractivity contribution >= 4 is 6.16 Å². The van der Waals surface area contributed by atoms with Crippen LogP contribution in [0.3, 0.4) is 0 Å². The highest BCUT2D eigenvalue weighted by Gasteiger charge is 2.17. The minimum absolute atomic E-state index is 0.568. The van der Waals surface area contributed by atoms with Crippen LogP contribution in [0, 0.1) is 0 Å². The maximum absolute atomic E-state index is 12.4. The Kier molecular flexibility index (Phi) is 8.38. The number of benzene rings is 2. The van der Waals surface area contributed by atoms with Gasteiger partial charge in [-0.3, -0.25) is 0 Å². The molecule has 0 aliphatic rings. The largest absolute Gasteiger partial charge is 0.519 e. The van der Waals surface area contributed by atoms with Crippen molar-refractivity contribution in [2.75, 3.05) is 0 Å². The molecule has 0 unspecified atom stereocenters. The summed E-state index contributed by atoms with van der Waals surface area (Å²) in [5.74, 6) is 1.21. The monoisotopic (exact) mass is 368 g/mol. The summed E-state index contributed by atoms with van der Waals surface area (Å²) in [6.07, 6.45) is 6.30. The van der Waals surface area contributed by atoms with Gasteiger partial charge in [-0.15, -0.1) is 0 Å². The fraction of sp³-hybridized carbons (Fsp3) is 0.458. The van der Waals surface area contributed by atoms with Gasteiger partial charge in [0.05, 0.1) is 0 Å². The summed E-state index contributed by atoms with van der Waals surface area (Å²) < 4.78 is 11.2. The molecule has 0 spiro atoms. The lowest BCUT2D eigenvalue weighted by Crippen LogP contribution is -2.16. The first-order valence-electron chi connectivity index (χ1n) is 10.3. The maximum atomic E-state index is 12.4. The maximum Gasteiger partial charge on any atom is 0.519 e. The molecule has 0 fully saturated rings. The summed E-state index contributed by atoms with van der Waals surface area (Å²) in [5.41, 5.74) is 4.87. The number of hydrogen-bond donors (Lipinski definition) is 0. The predicted molar refractivity (Wildman–Crippen MR) is 111 cm³/mol. The fourth-order valence-electron chi connectivity index (χ4n) is 3.50. The predicted octanol–water partition coefficient (Wildman–Crippen LogP) is 6.68. The van der Waals surface area contributed by atoms with Crippen LogP contribution in [-0.4, -0.2) is 6.16 Å². The van der Waals surface area contributed by atoms with Crippen molar-refractivity contribution in [2.45, 2.75) is 72.6 Å². The molecule has 0 amide bonds. The molecule has 146 valence electrons. The molecule has 0 heterocycles. The van der Waals surface area contributed by atoms with Gasteiger partial charge in [0.2, 0.25) is 0 Å². The van der Waals surface area contributed by atoms with Crippen molar-refractivity contribution < 1.29 is 14.3 Å². The second-order valence-electron chi connectivity index (χ2n) is 6.85. The molecule has 0 saturated carbocycles. The van der Waals surface area contributed by atoms with Crippen LogP contribution in [0.2, 0.25) is 0 Å². The van der Waals surface area contributed by atoms with E-state index in [1.54, 1.807) is 6.07 Å². The van der Waals surface area contributed by atoms with Gasteiger partial charge in [-0.2, -0.15) is 0 Å². The second-order valence-corrected chi connectivity index (χ2v) is 6.85. The SMILES string of the molecule is CCCc1ccc(OC(=O)Oc2ccccc2CC)c(CCC)c1CCC. The normalized spacial score (nSPS) is 10.7. The van der Waals surface area contributed by atoms with Crippen LogP contribution < -0.4 is 9.47 Å². The molecule has 0 aliphatic heterocycles. The van der Waals surface area contributed by atoms with Crippen molar-refractivity contribution in [3.63, 3.8) is 0 Å². The number of ether oxygens (including phenoxy) is 2. The van der Waals surface area contributed by atoms with Gasteiger partial charge >= 0.3 is 6.16 Å². The van der Waals surface area contributed by atoms with E-state index in [1.807, 2.05) is 31.2 Å². The van der Waals surface area contributed by atoms with Crippen LogP contribution in [0.25, 0.3) is 0 Å². The van der Waals surface area contributed by atoms with E-state index in [4.69, 9.17) is 9.47 Å². The molecular weight excluding hydrogens is 336 g/mol. The van der Waals surface area contributed by atoms with Crippen molar-refractivity contribution in [1.82, 2.24) is 0 Å². The Labute approximate surface area is 163 Å². The van der Waals surface area contributed by atoms with Crippen molar-refractivity contribution in [2.24, 2.45) is 0 Å². The average molecular weight is 369 g/mol. The summed E-state index contributed by atoms with van der Waals surface area (Å²) >= 11 is 0. The fourth-order valence-corrected chi connectivity index (χ4v) is 3.50. The van der Waals surface area contributed by atoms with E-state index in [-0.39, 0.29) is 0 Å². The number of rotatable bonds is 9. The lowest BCUT2D eigenvalue weighted by molar-refractivity contribution is 0.151. The van der Waals surface area contributed by atoms with E-state index in [0.29, 0.717) is 11.5 Å². The zero-order valence-electron chi connectivity index (χ0n) is 17.1. The smallest absolute Gasteiger partial charge is 0.394 e. The molecule has 2 aromatic rings. The summed E-state index contributed by atoms with van der Waals surface area (Å²) in [4.78, 5) is 12.4. The topological polar surface area (TPSA) is 35.5 Å². The van der Waals surface area contributed by atoms with E-state index in [9.17, 15) is 4.79 Å². The summed E-state index contributed by atoms with van der Waals surface area (Å²) in [5, 5.41) is 0. The number of hydrogen-bond acceptors (Lipinski definition) is 3. The highest BCUT2D eigenvalue weighted by Crippen LogP contribution is 2.30. The van der Waals surface area contributed by atoms with Crippen LogP contribution in [-0.2, 0) is 25.7 Å². The Morgan fingerprint density at radius 3 is 2.00 bits per heavy atom. The molecule has 0 saturated heterocycles. The summed E-state index contributed by atoms with van der Waals surface area (Å²) in [7, 11) is 0. The molecule has 0 radical (unpaired) electrons. The lowest BCUT2D eigenvalue weighted by Gasteiger charge is -2.18. The van der Waals surface area contributed by atoms with E-state index >= 15 is 0 Å². The number of carbonyl (C=O) groups is 1. The molecule has 2 rings (SSSR count). The summed E-state index contributed by atoms with van der Waals surface area (Å²) in [6.45, 7) is 8.58. The Hall–Kier alpha value is -2.29. The van der Waals surface area contributed by atoms with Gasteiger partial charge < -0.3 is 9.47 Å². The Morgan fingerprint density at radius 1 is 0.704 bits per heavy atom. The van der Waals surface area contributed by atoms with E-state index in [1.165, 1.54) is 11.1 Å². The van der Waals surface area contributed by atoms with Crippen molar-refractivity contribution in [3.05, 3.63) is 58.7 Å². The number of carbonyl (C=O) groups excluding carboxylic acids is 1. The lowest BCUT2D eigenvalue weighted by atomic mass is 9.91. The van der Waals surface area contributed by atoms with Crippen LogP contribution in [0.4, 0.5) is 4.79 Å². The van der Waals surface area contributed by atoms with Crippen molar-refractivity contribution in [1.29, 1.82) is 0 Å². The Balaban J connectivity index is 2.28. The Morgan fingerprint density at radius 2 is 1.33 bits per heavy atom. The van der Waals surface area contributed by atoms with Crippen LogP contribution in [0.15, 0.2) is 36.4 Å². The standard InChI is InChI=1S/C24H32O3/c1-5-11-19-16-17-23(21(13-7-3)20(19)12-6-2)27-24(25)26-22-15-10-9-14-18(22)8-4/h9-10,14-17H,5-8,11-13H2,1-4H3. The highest BCUT2D eigenvalue weighted by molar-refractivity contribution is 5.68. The first-order chi connectivity index (χ1) is 13.1. The van der Waals surface area contributed by atoms with Crippen molar-refractivity contribution in [3.8, 4) is 11.5 Å². The number of para-hydroxylation sites is 1. The van der Waals surface area contributed by atoms with E-state index < -0.39 is 6.16 Å². The third-order valence-corrected chi connectivity index (χ3v) is 4.74. The molecule has 27 heavy (non-hydrogen) atoms. The third kappa shape index (κ3) is 5.59. The number of aryl methyl sites for hydroxylation is 2. The highest BCUT2D eigenvalue weighted by atomic mass is 16.7. The van der Waals surface area contributed by atoms with E-state index in [2.05, 4.69) is 26.8 Å². The van der Waals surface area contributed by atoms with Gasteiger partial charge in [0.25, 0.3) is 0 Å². The van der Waals surface area contributed by atoms with Crippen LogP contribution in [0.1, 0.15) is 69.2 Å². The van der Waals surface area contributed by atoms with Gasteiger partial charge in [-0.05, 0) is 60.1 Å². The van der Waals surface area contributed by atoms with E-state index in [0.717, 1.165) is 56.1 Å². The van der Waals surface area contributed by atoms with Crippen LogP contribution >= 0.6 is 0 Å². The first-order valence-corrected chi connectivity index (χ1v) is 10.3. The second kappa shape index (κ2) is 10.8. The Bertz CT molecular complexity index is 749. The zero-order chi connectivity index (χ0) is 19.6. The molecule has 0 atom stereocenters. The first kappa shape index (κ1) is 21.0. The van der Waals surface area contributed by atoms with Gasteiger partial charge in [-0.1, -0.05) is 71.2 Å². The third-order valence-electron chi connectivity index (χ3n) is 4.74. The van der Waals surface area contributed by atoms with Gasteiger partial charge in [-0.25, -0.2) is 4.79 Å². The molecule has 3 nitrogen and oxygen atoms in total. The quantitative estimate of drug-likeness (QED) is 0.365. The molecular formula is C24H32O3. The summed E-state index contributed by atoms with van der Waals surface area (Å²) in [6, 6.07) is 11.6. The average Bonchev–Trinajstić information content (AvgIpc) is 2.67. The van der Waals surface area contributed by atoms with Crippen LogP contribution in [0.5, 0.6) is 11.5 Å². The molecule has 0 aliphatic carbocycles. The molecule has 0 aromatic heterocycles. The zero-order valence-corrected chi connectivity index (χ0v) is 17.1. The van der Waals surface area contributed by atoms with Gasteiger partial charge in [0.15, 0.2) is 0 Å².